The van der Waals surface area contributed by atoms with Crippen LogP contribution in [0.5, 0.6) is 5.75 Å². The van der Waals surface area contributed by atoms with Gasteiger partial charge in [0.1, 0.15) is 12.0 Å². The molecule has 1 aliphatic rings. The maximum atomic E-state index is 12.4. The zero-order valence-corrected chi connectivity index (χ0v) is 14.6. The Bertz CT molecular complexity index is 649. The van der Waals surface area contributed by atoms with Gasteiger partial charge in [-0.2, -0.15) is 0 Å². The van der Waals surface area contributed by atoms with Crippen molar-refractivity contribution in [2.24, 2.45) is 0 Å². The molecule has 0 bridgehead atoms. The maximum absolute atomic E-state index is 12.4. The van der Waals surface area contributed by atoms with Gasteiger partial charge in [0.25, 0.3) is 0 Å². The summed E-state index contributed by atoms with van der Waals surface area (Å²) < 4.78 is 40.3. The minimum Gasteiger partial charge on any atom is -0.406 e. The molecule has 3 atom stereocenters. The lowest BCUT2D eigenvalue weighted by Crippen LogP contribution is -2.65. The fourth-order valence-corrected chi connectivity index (χ4v) is 2.49. The number of carbonyl (C=O) groups is 2. The second-order valence-electron chi connectivity index (χ2n) is 6.20. The second-order valence-corrected chi connectivity index (χ2v) is 6.20. The van der Waals surface area contributed by atoms with Crippen molar-refractivity contribution in [3.63, 3.8) is 0 Å². The fraction of sp³-hybridized carbons (Fsp3) is 0.500. The maximum Gasteiger partial charge on any atom is 0.573 e. The number of nitrogens with zero attached hydrogens (tertiary/aromatic N) is 1. The van der Waals surface area contributed by atoms with Crippen LogP contribution in [0.2, 0.25) is 0 Å². The molecule has 2 rings (SSSR count). The third-order valence-corrected chi connectivity index (χ3v) is 3.85. The molecule has 1 aliphatic heterocycles. The zero-order valence-electron chi connectivity index (χ0n) is 14.6. The molecule has 2 unspecified atom stereocenters. The number of ether oxygens (including phenoxy) is 1. The van der Waals surface area contributed by atoms with E-state index >= 15 is 0 Å². The Morgan fingerprint density at radius 1 is 1.31 bits per heavy atom. The van der Waals surface area contributed by atoms with Crippen molar-refractivity contribution in [1.29, 1.82) is 0 Å². The van der Waals surface area contributed by atoms with Crippen LogP contribution < -0.4 is 20.7 Å². The van der Waals surface area contributed by atoms with Gasteiger partial charge in [0.05, 0.1) is 18.5 Å². The van der Waals surface area contributed by atoms with Gasteiger partial charge in [-0.25, -0.2) is 0 Å². The summed E-state index contributed by atoms with van der Waals surface area (Å²) >= 11 is 0. The van der Waals surface area contributed by atoms with E-state index in [0.29, 0.717) is 5.56 Å². The van der Waals surface area contributed by atoms with Gasteiger partial charge in [-0.3, -0.25) is 19.8 Å². The van der Waals surface area contributed by atoms with E-state index in [1.54, 1.807) is 25.9 Å². The van der Waals surface area contributed by atoms with Crippen LogP contribution in [0.3, 0.4) is 0 Å². The lowest BCUT2D eigenvalue weighted by atomic mass is 10.1. The van der Waals surface area contributed by atoms with Gasteiger partial charge < -0.3 is 15.4 Å². The van der Waals surface area contributed by atoms with E-state index in [0.717, 1.165) is 0 Å². The van der Waals surface area contributed by atoms with E-state index < -0.39 is 24.7 Å². The minimum absolute atomic E-state index is 0.00124. The van der Waals surface area contributed by atoms with Crippen molar-refractivity contribution < 1.29 is 27.5 Å². The molecule has 26 heavy (non-hydrogen) atoms. The number of hydrogen-bond donors (Lipinski definition) is 3. The molecule has 0 radical (unpaired) electrons. The first-order valence-electron chi connectivity index (χ1n) is 7.93. The molecule has 1 fully saturated rings. The van der Waals surface area contributed by atoms with Crippen LogP contribution in [0.1, 0.15) is 24.9 Å². The first-order chi connectivity index (χ1) is 12.0. The topological polar surface area (TPSA) is 82.7 Å². The van der Waals surface area contributed by atoms with E-state index in [2.05, 4.69) is 20.7 Å². The molecular formula is C16H21F3N4O3. The van der Waals surface area contributed by atoms with Crippen molar-refractivity contribution >= 4 is 11.8 Å². The molecule has 3 N–H and O–H groups in total. The Morgan fingerprint density at radius 3 is 2.46 bits per heavy atom. The molecular weight excluding hydrogens is 353 g/mol. The fourth-order valence-electron chi connectivity index (χ4n) is 2.49. The highest BCUT2D eigenvalue weighted by atomic mass is 19.4. The molecule has 10 heteroatoms. The number of benzene rings is 1. The molecule has 0 aromatic heterocycles. The SMILES string of the molecule is C[C@@H](NC(=O)C1CC(=O)NC(N(C)C)N1)c1ccc(OC(F)(F)F)cc1. The number of alkyl halides is 3. The zero-order chi connectivity index (χ0) is 19.5. The smallest absolute Gasteiger partial charge is 0.406 e. The van der Waals surface area contributed by atoms with E-state index in [-0.39, 0.29) is 24.0 Å². The van der Waals surface area contributed by atoms with Crippen LogP contribution >= 0.6 is 0 Å². The standard InChI is InChI=1S/C16H21F3N4O3/c1-9(10-4-6-11(7-5-10)26-16(17,18)19)20-14(25)12-8-13(24)22-15(21-12)23(2)3/h4-7,9,12,15,21H,8H2,1-3H3,(H,20,25)(H,22,24)/t9-,12?,15?/m1/s1. The molecule has 0 aliphatic carbocycles. The summed E-state index contributed by atoms with van der Waals surface area (Å²) in [5.74, 6) is -0.946. The molecule has 2 amide bonds. The van der Waals surface area contributed by atoms with Crippen LogP contribution in [0.15, 0.2) is 24.3 Å². The highest BCUT2D eigenvalue weighted by molar-refractivity contribution is 5.89. The normalized spacial score (nSPS) is 21.9. The number of halogens is 3. The summed E-state index contributed by atoms with van der Waals surface area (Å²) in [4.78, 5) is 25.9. The van der Waals surface area contributed by atoms with Crippen LogP contribution in [-0.4, -0.2) is 49.5 Å². The molecule has 0 spiro atoms. The molecule has 1 saturated heterocycles. The molecule has 7 nitrogen and oxygen atoms in total. The summed E-state index contributed by atoms with van der Waals surface area (Å²) in [6.45, 7) is 1.70. The Kier molecular flexibility index (Phi) is 6.09. The van der Waals surface area contributed by atoms with Gasteiger partial charge in [0, 0.05) is 0 Å². The Labute approximate surface area is 148 Å². The summed E-state index contributed by atoms with van der Waals surface area (Å²) in [6, 6.07) is 4.09. The van der Waals surface area contributed by atoms with Crippen molar-refractivity contribution in [2.75, 3.05) is 14.1 Å². The summed E-state index contributed by atoms with van der Waals surface area (Å²) in [5.41, 5.74) is 0.609. The lowest BCUT2D eigenvalue weighted by Gasteiger charge is -2.35. The lowest BCUT2D eigenvalue weighted by molar-refractivity contribution is -0.274. The summed E-state index contributed by atoms with van der Waals surface area (Å²) in [6.07, 6.45) is -5.21. The van der Waals surface area contributed by atoms with Crippen LogP contribution in [0.4, 0.5) is 13.2 Å². The van der Waals surface area contributed by atoms with Gasteiger partial charge >= 0.3 is 6.36 Å². The Hall–Kier alpha value is -2.33. The van der Waals surface area contributed by atoms with Gasteiger partial charge in [0.15, 0.2) is 0 Å². The van der Waals surface area contributed by atoms with Crippen molar-refractivity contribution in [2.45, 2.75) is 38.1 Å². The van der Waals surface area contributed by atoms with Gasteiger partial charge in [-0.1, -0.05) is 12.1 Å². The average molecular weight is 374 g/mol. The number of rotatable bonds is 5. The van der Waals surface area contributed by atoms with Crippen molar-refractivity contribution in [1.82, 2.24) is 20.9 Å². The monoisotopic (exact) mass is 374 g/mol. The molecule has 1 heterocycles. The van der Waals surface area contributed by atoms with Gasteiger partial charge in [-0.05, 0) is 38.7 Å². The van der Waals surface area contributed by atoms with Crippen LogP contribution in [-0.2, 0) is 9.59 Å². The van der Waals surface area contributed by atoms with E-state index in [1.807, 2.05) is 0 Å². The third kappa shape index (κ3) is 5.60. The number of carbonyl (C=O) groups excluding carboxylic acids is 2. The summed E-state index contributed by atoms with van der Waals surface area (Å²) in [5, 5.41) is 8.46. The average Bonchev–Trinajstić information content (AvgIpc) is 2.53. The highest BCUT2D eigenvalue weighted by Crippen LogP contribution is 2.24. The van der Waals surface area contributed by atoms with Crippen molar-refractivity contribution in [3.05, 3.63) is 29.8 Å². The summed E-state index contributed by atoms with van der Waals surface area (Å²) in [7, 11) is 3.51. The quantitative estimate of drug-likeness (QED) is 0.719. The van der Waals surface area contributed by atoms with E-state index in [1.165, 1.54) is 24.3 Å². The van der Waals surface area contributed by atoms with E-state index in [4.69, 9.17) is 0 Å². The van der Waals surface area contributed by atoms with Gasteiger partial charge in [-0.15, -0.1) is 13.2 Å². The molecule has 1 aromatic rings. The molecule has 0 saturated carbocycles. The number of hydrogen-bond acceptors (Lipinski definition) is 5. The first kappa shape index (κ1) is 20.0. The highest BCUT2D eigenvalue weighted by Gasteiger charge is 2.32. The second kappa shape index (κ2) is 7.92. The van der Waals surface area contributed by atoms with Gasteiger partial charge in [0.2, 0.25) is 11.8 Å². The third-order valence-electron chi connectivity index (χ3n) is 3.85. The van der Waals surface area contributed by atoms with Crippen molar-refractivity contribution in [3.8, 4) is 5.75 Å². The number of amides is 2. The Balaban J connectivity index is 1.97. The predicted octanol–water partition coefficient (Wildman–Crippen LogP) is 1.09. The Morgan fingerprint density at radius 2 is 1.92 bits per heavy atom. The first-order valence-corrected chi connectivity index (χ1v) is 7.93. The molecule has 144 valence electrons. The largest absolute Gasteiger partial charge is 0.573 e. The minimum atomic E-state index is -4.75. The molecule has 1 aromatic carbocycles. The van der Waals surface area contributed by atoms with Crippen LogP contribution in [0, 0.1) is 0 Å². The van der Waals surface area contributed by atoms with Crippen LogP contribution in [0.25, 0.3) is 0 Å². The number of nitrogens with one attached hydrogen (secondary N) is 3. The van der Waals surface area contributed by atoms with E-state index in [9.17, 15) is 22.8 Å². The predicted molar refractivity (Wildman–Crippen MR) is 86.8 cm³/mol.